The Hall–Kier alpha value is -1.34. The first kappa shape index (κ1) is 17.7. The number of sulfonamides is 1. The van der Waals surface area contributed by atoms with E-state index in [1.807, 2.05) is 6.07 Å². The maximum atomic E-state index is 11.9. The number of carboxylic acids is 1. The average molecular weight is 313 g/mol. The largest absolute Gasteiger partial charge is 1.00 e. The minimum atomic E-state index is -3.53. The summed E-state index contributed by atoms with van der Waals surface area (Å²) < 4.78 is 26.3. The number of carbonyl (C=O) groups excluding carboxylic acids is 1. The summed E-state index contributed by atoms with van der Waals surface area (Å²) in [6.07, 6.45) is 0. The first-order valence-electron chi connectivity index (χ1n) is 5.82. The molecule has 0 saturated heterocycles. The van der Waals surface area contributed by atoms with Crippen LogP contribution in [-0.2, 0) is 15.8 Å². The zero-order valence-electron chi connectivity index (χ0n) is 11.4. The molecule has 0 spiro atoms. The summed E-state index contributed by atoms with van der Waals surface area (Å²) in [5, 5.41) is 10.6. The van der Waals surface area contributed by atoms with E-state index >= 15 is 0 Å². The van der Waals surface area contributed by atoms with Crippen molar-refractivity contribution in [1.29, 1.82) is 0 Å². The number of aromatic carboxylic acids is 1. The maximum Gasteiger partial charge on any atom is 1.00 e. The minimum Gasteiger partial charge on any atom is -0.545 e. The molecule has 0 unspecified atom stereocenters. The Labute approximate surface area is 145 Å². The van der Waals surface area contributed by atoms with Gasteiger partial charge in [-0.2, -0.15) is 0 Å². The smallest absolute Gasteiger partial charge is 0.545 e. The van der Waals surface area contributed by atoms with Crippen molar-refractivity contribution < 1.29 is 47.9 Å². The first-order valence-corrected chi connectivity index (χ1v) is 7.47. The molecule has 0 bridgehead atoms. The molecule has 7 heteroatoms. The van der Waals surface area contributed by atoms with Crippen molar-refractivity contribution in [3.63, 3.8) is 0 Å². The third-order valence-electron chi connectivity index (χ3n) is 2.59. The van der Waals surface area contributed by atoms with Gasteiger partial charge < -0.3 is 9.90 Å². The van der Waals surface area contributed by atoms with E-state index in [0.717, 1.165) is 0 Å². The molecule has 0 amide bonds. The molecule has 0 radical (unpaired) electrons. The third kappa shape index (κ3) is 5.51. The molecule has 0 heterocycles. The van der Waals surface area contributed by atoms with E-state index in [-0.39, 0.29) is 40.9 Å². The van der Waals surface area contributed by atoms with Gasteiger partial charge in [0.1, 0.15) is 0 Å². The fourth-order valence-corrected chi connectivity index (χ4v) is 2.88. The quantitative estimate of drug-likeness (QED) is 0.647. The van der Waals surface area contributed by atoms with Crippen LogP contribution in [0.15, 0.2) is 54.6 Å². The second-order valence-corrected chi connectivity index (χ2v) is 5.93. The number of nitrogens with one attached hydrogen (secondary N) is 1. The summed E-state index contributed by atoms with van der Waals surface area (Å²) in [4.78, 5) is 10.6. The van der Waals surface area contributed by atoms with Crippen LogP contribution in [0.1, 0.15) is 15.9 Å². The van der Waals surface area contributed by atoms with Crippen molar-refractivity contribution in [3.8, 4) is 0 Å². The minimum absolute atomic E-state index is 0. The Morgan fingerprint density at radius 3 is 2.10 bits per heavy atom. The standard InChI is InChI=1S/C14H13NO4S.Na/c16-14(17)12-6-8-13(9-7-12)15-20(18,19)10-11-4-2-1-3-5-11;/h1-9,15H,10H2,(H,16,17);/q;+1/p-1. The van der Waals surface area contributed by atoms with Gasteiger partial charge in [-0.15, -0.1) is 0 Å². The van der Waals surface area contributed by atoms with Gasteiger partial charge >= 0.3 is 29.6 Å². The Bertz CT molecular complexity index is 700. The Balaban J connectivity index is 0.00000220. The first-order chi connectivity index (χ1) is 9.46. The van der Waals surface area contributed by atoms with Crippen molar-refractivity contribution in [2.75, 3.05) is 4.72 Å². The molecular weight excluding hydrogens is 301 g/mol. The summed E-state index contributed by atoms with van der Waals surface area (Å²) in [6.45, 7) is 0. The van der Waals surface area contributed by atoms with Gasteiger partial charge in [-0.3, -0.25) is 4.72 Å². The van der Waals surface area contributed by atoms with E-state index in [9.17, 15) is 18.3 Å². The summed E-state index contributed by atoms with van der Waals surface area (Å²) in [5.74, 6) is -1.44. The van der Waals surface area contributed by atoms with Crippen molar-refractivity contribution in [2.45, 2.75) is 5.75 Å². The molecule has 0 atom stereocenters. The molecule has 2 aromatic rings. The van der Waals surface area contributed by atoms with Crippen LogP contribution in [0.25, 0.3) is 0 Å². The summed E-state index contributed by atoms with van der Waals surface area (Å²) in [7, 11) is -3.53. The number of hydrogen-bond acceptors (Lipinski definition) is 4. The molecule has 0 saturated carbocycles. The number of carbonyl (C=O) groups is 1. The van der Waals surface area contributed by atoms with Gasteiger partial charge in [0.15, 0.2) is 0 Å². The van der Waals surface area contributed by atoms with E-state index in [0.29, 0.717) is 11.3 Å². The number of hydrogen-bond donors (Lipinski definition) is 1. The molecule has 2 aromatic carbocycles. The SMILES string of the molecule is O=C([O-])c1ccc(NS(=O)(=O)Cc2ccccc2)cc1.[Na+]. The molecule has 21 heavy (non-hydrogen) atoms. The van der Waals surface area contributed by atoms with Gasteiger partial charge in [0.05, 0.1) is 11.7 Å². The van der Waals surface area contributed by atoms with Crippen LogP contribution < -0.4 is 39.4 Å². The van der Waals surface area contributed by atoms with Crippen LogP contribution >= 0.6 is 0 Å². The predicted molar refractivity (Wildman–Crippen MR) is 73.5 cm³/mol. The van der Waals surface area contributed by atoms with Crippen LogP contribution in [0.4, 0.5) is 5.69 Å². The van der Waals surface area contributed by atoms with Gasteiger partial charge in [0, 0.05) is 5.69 Å². The Morgan fingerprint density at radius 2 is 1.57 bits per heavy atom. The average Bonchev–Trinajstić information content (AvgIpc) is 2.39. The van der Waals surface area contributed by atoms with Gasteiger partial charge in [0.25, 0.3) is 0 Å². The molecule has 1 N–H and O–H groups in total. The van der Waals surface area contributed by atoms with Crippen molar-refractivity contribution >= 4 is 21.7 Å². The third-order valence-corrected chi connectivity index (χ3v) is 3.85. The monoisotopic (exact) mass is 313 g/mol. The molecular formula is C14H12NNaO4S. The second-order valence-electron chi connectivity index (χ2n) is 4.21. The zero-order chi connectivity index (χ0) is 14.6. The number of rotatable bonds is 5. The molecule has 0 aliphatic rings. The number of anilines is 1. The van der Waals surface area contributed by atoms with E-state index < -0.39 is 16.0 Å². The van der Waals surface area contributed by atoms with Crippen LogP contribution in [-0.4, -0.2) is 14.4 Å². The fraction of sp³-hybridized carbons (Fsp3) is 0.0714. The van der Waals surface area contributed by atoms with E-state index in [4.69, 9.17) is 0 Å². The van der Waals surface area contributed by atoms with Crippen LogP contribution in [0.2, 0.25) is 0 Å². The van der Waals surface area contributed by atoms with E-state index in [1.54, 1.807) is 24.3 Å². The Morgan fingerprint density at radius 1 is 1.00 bits per heavy atom. The van der Waals surface area contributed by atoms with Crippen molar-refractivity contribution in [3.05, 3.63) is 65.7 Å². The van der Waals surface area contributed by atoms with Crippen LogP contribution in [0.5, 0.6) is 0 Å². The molecule has 0 aliphatic carbocycles. The van der Waals surface area contributed by atoms with E-state index in [2.05, 4.69) is 4.72 Å². The van der Waals surface area contributed by atoms with Gasteiger partial charge in [-0.1, -0.05) is 42.5 Å². The van der Waals surface area contributed by atoms with Crippen molar-refractivity contribution in [2.24, 2.45) is 0 Å². The van der Waals surface area contributed by atoms with E-state index in [1.165, 1.54) is 24.3 Å². The molecule has 0 aromatic heterocycles. The number of carboxylic acid groups (broad SMARTS) is 1. The second kappa shape index (κ2) is 7.61. The molecule has 5 nitrogen and oxygen atoms in total. The molecule has 0 fully saturated rings. The molecule has 0 aliphatic heterocycles. The van der Waals surface area contributed by atoms with Crippen molar-refractivity contribution in [1.82, 2.24) is 0 Å². The summed E-state index contributed by atoms with van der Waals surface area (Å²) in [6, 6.07) is 14.1. The van der Waals surface area contributed by atoms with Gasteiger partial charge in [-0.05, 0) is 23.3 Å². The van der Waals surface area contributed by atoms with Gasteiger partial charge in [0.2, 0.25) is 10.0 Å². The molecule has 2 rings (SSSR count). The maximum absolute atomic E-state index is 11.9. The van der Waals surface area contributed by atoms with Crippen LogP contribution in [0, 0.1) is 0 Å². The predicted octanol–water partition coefficient (Wildman–Crippen LogP) is -2.00. The normalized spacial score (nSPS) is 10.5. The fourth-order valence-electron chi connectivity index (χ4n) is 1.68. The zero-order valence-corrected chi connectivity index (χ0v) is 14.3. The topological polar surface area (TPSA) is 86.3 Å². The van der Waals surface area contributed by atoms with Gasteiger partial charge in [-0.25, -0.2) is 8.42 Å². The summed E-state index contributed by atoms with van der Waals surface area (Å²) >= 11 is 0. The van der Waals surface area contributed by atoms with Crippen LogP contribution in [0.3, 0.4) is 0 Å². The molecule has 104 valence electrons. The Kier molecular flexibility index (Phi) is 6.42. The number of benzene rings is 2. The summed E-state index contributed by atoms with van der Waals surface area (Å²) in [5.41, 5.74) is 0.980.